The maximum atomic E-state index is 5.07. The number of hydrogen-bond donors (Lipinski definition) is 1. The maximum absolute atomic E-state index is 5.07. The van der Waals surface area contributed by atoms with Crippen molar-refractivity contribution in [1.29, 1.82) is 0 Å². The number of benzene rings is 1. The molecule has 2 aliphatic rings. The summed E-state index contributed by atoms with van der Waals surface area (Å²) in [6, 6.07) is 8.92. The fourth-order valence-corrected chi connectivity index (χ4v) is 4.73. The second-order valence-corrected chi connectivity index (χ2v) is 7.49. The minimum absolute atomic E-state index is 0.632. The molecule has 4 rings (SSSR count). The summed E-state index contributed by atoms with van der Waals surface area (Å²) >= 11 is 1.96. The summed E-state index contributed by atoms with van der Waals surface area (Å²) in [7, 11) is 2.03. The largest absolute Gasteiger partial charge is 0.315 e. The molecule has 2 aliphatic carbocycles. The fourth-order valence-electron chi connectivity index (χ4n) is 3.43. The summed E-state index contributed by atoms with van der Waals surface area (Å²) < 4.78 is 0. The second kappa shape index (κ2) is 5.54. The molecule has 1 fully saturated rings. The molecule has 2 nitrogen and oxygen atoms in total. The van der Waals surface area contributed by atoms with Crippen LogP contribution in [0.1, 0.15) is 57.8 Å². The van der Waals surface area contributed by atoms with Gasteiger partial charge in [-0.2, -0.15) is 0 Å². The average Bonchev–Trinajstić information content (AvgIpc) is 3.28. The third kappa shape index (κ3) is 2.65. The number of rotatable bonds is 4. The molecule has 1 aromatic heterocycles. The fraction of sp³-hybridized carbons (Fsp3) is 0.500. The van der Waals surface area contributed by atoms with Crippen molar-refractivity contribution in [2.45, 2.75) is 50.5 Å². The standard InChI is InChI=1S/C18H22N2S/c1-19-11-16-17(13-7-8-13)20-18(21-16)15-9-6-12-4-2-3-5-14(12)10-15/h2-5,13,15,19H,6-11H2,1H3. The molecule has 1 aromatic carbocycles. The first kappa shape index (κ1) is 13.5. The summed E-state index contributed by atoms with van der Waals surface area (Å²) in [5, 5.41) is 4.70. The van der Waals surface area contributed by atoms with Gasteiger partial charge in [-0.25, -0.2) is 4.98 Å². The van der Waals surface area contributed by atoms with Crippen LogP contribution in [0.4, 0.5) is 0 Å². The zero-order valence-electron chi connectivity index (χ0n) is 12.6. The highest BCUT2D eigenvalue weighted by Crippen LogP contribution is 2.44. The van der Waals surface area contributed by atoms with Crippen LogP contribution in [-0.4, -0.2) is 12.0 Å². The van der Waals surface area contributed by atoms with Crippen molar-refractivity contribution in [1.82, 2.24) is 10.3 Å². The average molecular weight is 298 g/mol. The lowest BCUT2D eigenvalue weighted by Gasteiger charge is -2.22. The molecular formula is C18H22N2S. The number of aromatic nitrogens is 1. The predicted octanol–water partition coefficient (Wildman–Crippen LogP) is 4.01. The number of aryl methyl sites for hydroxylation is 1. The molecule has 0 radical (unpaired) electrons. The van der Waals surface area contributed by atoms with E-state index < -0.39 is 0 Å². The monoisotopic (exact) mass is 298 g/mol. The minimum atomic E-state index is 0.632. The molecular weight excluding hydrogens is 276 g/mol. The summed E-state index contributed by atoms with van der Waals surface area (Å²) in [5.41, 5.74) is 4.48. The van der Waals surface area contributed by atoms with Crippen molar-refractivity contribution in [3.8, 4) is 0 Å². The summed E-state index contributed by atoms with van der Waals surface area (Å²) in [4.78, 5) is 6.55. The van der Waals surface area contributed by atoms with E-state index in [1.165, 1.54) is 53.2 Å². The maximum Gasteiger partial charge on any atom is 0.0966 e. The number of fused-ring (bicyclic) bond motifs is 1. The molecule has 1 N–H and O–H groups in total. The van der Waals surface area contributed by atoms with E-state index in [1.807, 2.05) is 18.4 Å². The van der Waals surface area contributed by atoms with Gasteiger partial charge in [0, 0.05) is 23.3 Å². The van der Waals surface area contributed by atoms with E-state index in [4.69, 9.17) is 4.98 Å². The van der Waals surface area contributed by atoms with Gasteiger partial charge in [0.2, 0.25) is 0 Å². The van der Waals surface area contributed by atoms with Gasteiger partial charge in [-0.15, -0.1) is 11.3 Å². The van der Waals surface area contributed by atoms with Crippen molar-refractivity contribution in [2.75, 3.05) is 7.05 Å². The van der Waals surface area contributed by atoms with Gasteiger partial charge >= 0.3 is 0 Å². The molecule has 0 amide bonds. The van der Waals surface area contributed by atoms with E-state index in [1.54, 1.807) is 5.56 Å². The van der Waals surface area contributed by atoms with Gasteiger partial charge in [0.25, 0.3) is 0 Å². The molecule has 1 atom stereocenters. The second-order valence-electron chi connectivity index (χ2n) is 6.37. The van der Waals surface area contributed by atoms with Crippen molar-refractivity contribution in [3.05, 3.63) is 51.0 Å². The molecule has 1 saturated carbocycles. The van der Waals surface area contributed by atoms with Crippen molar-refractivity contribution in [2.24, 2.45) is 0 Å². The molecule has 2 aromatic rings. The van der Waals surface area contributed by atoms with Crippen LogP contribution in [-0.2, 0) is 19.4 Å². The first-order valence-electron chi connectivity index (χ1n) is 8.06. The highest BCUT2D eigenvalue weighted by atomic mass is 32.1. The Balaban J connectivity index is 1.61. The Kier molecular flexibility index (Phi) is 3.56. The summed E-state index contributed by atoms with van der Waals surface area (Å²) in [6.07, 6.45) is 6.32. The highest BCUT2D eigenvalue weighted by molar-refractivity contribution is 7.11. The van der Waals surface area contributed by atoms with Crippen molar-refractivity contribution < 1.29 is 0 Å². The lowest BCUT2D eigenvalue weighted by molar-refractivity contribution is 0.580. The van der Waals surface area contributed by atoms with Gasteiger partial charge in [-0.05, 0) is 50.3 Å². The van der Waals surface area contributed by atoms with Gasteiger partial charge < -0.3 is 5.32 Å². The van der Waals surface area contributed by atoms with Crippen LogP contribution in [0.5, 0.6) is 0 Å². The number of nitrogens with one attached hydrogen (secondary N) is 1. The van der Waals surface area contributed by atoms with Crippen LogP contribution in [0.3, 0.4) is 0 Å². The Bertz CT molecular complexity index is 642. The van der Waals surface area contributed by atoms with Gasteiger partial charge in [0.15, 0.2) is 0 Å². The Hall–Kier alpha value is -1.19. The first-order chi connectivity index (χ1) is 10.3. The number of hydrogen-bond acceptors (Lipinski definition) is 3. The quantitative estimate of drug-likeness (QED) is 0.922. The molecule has 21 heavy (non-hydrogen) atoms. The zero-order chi connectivity index (χ0) is 14.2. The topological polar surface area (TPSA) is 24.9 Å². The van der Waals surface area contributed by atoms with E-state index in [-0.39, 0.29) is 0 Å². The van der Waals surface area contributed by atoms with Gasteiger partial charge in [-0.3, -0.25) is 0 Å². The van der Waals surface area contributed by atoms with Crippen LogP contribution in [0.15, 0.2) is 24.3 Å². The van der Waals surface area contributed by atoms with Crippen molar-refractivity contribution in [3.63, 3.8) is 0 Å². The van der Waals surface area contributed by atoms with E-state index in [2.05, 4.69) is 29.6 Å². The molecule has 0 spiro atoms. The molecule has 0 saturated heterocycles. The third-order valence-electron chi connectivity index (χ3n) is 4.74. The Morgan fingerprint density at radius 1 is 1.14 bits per heavy atom. The van der Waals surface area contributed by atoms with Crippen LogP contribution in [0.2, 0.25) is 0 Å². The normalized spacial score (nSPS) is 21.3. The van der Waals surface area contributed by atoms with E-state index in [0.717, 1.165) is 12.5 Å². The lowest BCUT2D eigenvalue weighted by Crippen LogP contribution is -2.12. The highest BCUT2D eigenvalue weighted by Gasteiger charge is 2.31. The minimum Gasteiger partial charge on any atom is -0.315 e. The van der Waals surface area contributed by atoms with Crippen LogP contribution >= 0.6 is 11.3 Å². The van der Waals surface area contributed by atoms with Gasteiger partial charge in [-0.1, -0.05) is 24.3 Å². The third-order valence-corrected chi connectivity index (χ3v) is 5.98. The molecule has 1 unspecified atom stereocenters. The number of thiazole rings is 1. The first-order valence-corrected chi connectivity index (χ1v) is 8.87. The van der Waals surface area contributed by atoms with Crippen LogP contribution < -0.4 is 5.32 Å². The van der Waals surface area contributed by atoms with Crippen molar-refractivity contribution >= 4 is 11.3 Å². The predicted molar refractivity (Wildman–Crippen MR) is 88.1 cm³/mol. The molecule has 1 heterocycles. The van der Waals surface area contributed by atoms with Gasteiger partial charge in [0.1, 0.15) is 0 Å². The zero-order valence-corrected chi connectivity index (χ0v) is 13.4. The Morgan fingerprint density at radius 2 is 1.95 bits per heavy atom. The van der Waals surface area contributed by atoms with Crippen LogP contribution in [0.25, 0.3) is 0 Å². The Labute approximate surface area is 130 Å². The van der Waals surface area contributed by atoms with E-state index in [9.17, 15) is 0 Å². The molecule has 110 valence electrons. The molecule has 3 heteroatoms. The molecule has 0 bridgehead atoms. The van der Waals surface area contributed by atoms with Gasteiger partial charge in [0.05, 0.1) is 10.7 Å². The summed E-state index contributed by atoms with van der Waals surface area (Å²) in [6.45, 7) is 0.979. The number of nitrogens with zero attached hydrogens (tertiary/aromatic N) is 1. The van der Waals surface area contributed by atoms with E-state index >= 15 is 0 Å². The summed E-state index contributed by atoms with van der Waals surface area (Å²) in [5.74, 6) is 1.39. The Morgan fingerprint density at radius 3 is 2.71 bits per heavy atom. The lowest BCUT2D eigenvalue weighted by atomic mass is 9.84. The van der Waals surface area contributed by atoms with E-state index in [0.29, 0.717) is 5.92 Å². The molecule has 0 aliphatic heterocycles. The smallest absolute Gasteiger partial charge is 0.0966 e. The van der Waals surface area contributed by atoms with Crippen LogP contribution in [0, 0.1) is 0 Å². The SMILES string of the molecule is CNCc1sc(C2CCc3ccccc3C2)nc1C1CC1.